The Morgan fingerprint density at radius 2 is 1.45 bits per heavy atom. The van der Waals surface area contributed by atoms with Crippen molar-refractivity contribution in [1.29, 1.82) is 0 Å². The van der Waals surface area contributed by atoms with Crippen molar-refractivity contribution < 1.29 is 0 Å². The van der Waals surface area contributed by atoms with Crippen molar-refractivity contribution in [2.45, 2.75) is 13.3 Å². The molecule has 1 aliphatic rings. The first kappa shape index (κ1) is 12.0. The molecule has 4 aromatic rings. The van der Waals surface area contributed by atoms with Gasteiger partial charge in [-0.25, -0.2) is 0 Å². The second-order valence-electron chi connectivity index (χ2n) is 6.26. The predicted octanol–water partition coefficient (Wildman–Crippen LogP) is 5.87. The van der Waals surface area contributed by atoms with Gasteiger partial charge in [-0.05, 0) is 62.7 Å². The minimum absolute atomic E-state index is 1.05. The molecule has 22 heavy (non-hydrogen) atoms. The summed E-state index contributed by atoms with van der Waals surface area (Å²) in [5.41, 5.74) is 7.21. The second-order valence-corrected chi connectivity index (χ2v) is 6.26. The van der Waals surface area contributed by atoms with Crippen LogP contribution in [0.4, 0.5) is 0 Å². The third-order valence-electron chi connectivity index (χ3n) is 5.01. The molecule has 0 amide bonds. The normalized spacial score (nSPS) is 12.6. The fourth-order valence-electron chi connectivity index (χ4n) is 4.04. The van der Waals surface area contributed by atoms with Gasteiger partial charge >= 0.3 is 0 Å². The van der Waals surface area contributed by atoms with E-state index in [2.05, 4.69) is 73.7 Å². The summed E-state index contributed by atoms with van der Waals surface area (Å²) in [4.78, 5) is 0. The Balaban J connectivity index is 1.94. The van der Waals surface area contributed by atoms with E-state index in [-0.39, 0.29) is 0 Å². The van der Waals surface area contributed by atoms with E-state index < -0.39 is 0 Å². The first-order valence-corrected chi connectivity index (χ1v) is 7.85. The van der Waals surface area contributed by atoms with Gasteiger partial charge in [0.15, 0.2) is 0 Å². The maximum absolute atomic E-state index is 2.38. The van der Waals surface area contributed by atoms with Crippen LogP contribution in [0.5, 0.6) is 0 Å². The van der Waals surface area contributed by atoms with E-state index in [4.69, 9.17) is 0 Å². The highest BCUT2D eigenvalue weighted by molar-refractivity contribution is 6.06. The molecule has 0 atom stereocenters. The van der Waals surface area contributed by atoms with E-state index in [0.717, 1.165) is 6.42 Å². The summed E-state index contributed by atoms with van der Waals surface area (Å²) in [6, 6.07) is 24.5. The lowest BCUT2D eigenvalue weighted by Crippen LogP contribution is -1.86. The van der Waals surface area contributed by atoms with E-state index in [1.54, 1.807) is 0 Å². The molecule has 0 saturated heterocycles. The first-order valence-electron chi connectivity index (χ1n) is 7.85. The minimum Gasteiger partial charge on any atom is -0.0616 e. The highest BCUT2D eigenvalue weighted by Crippen LogP contribution is 2.44. The van der Waals surface area contributed by atoms with Crippen LogP contribution in [-0.4, -0.2) is 0 Å². The minimum atomic E-state index is 1.05. The third-order valence-corrected chi connectivity index (χ3v) is 5.01. The number of hydrogen-bond donors (Lipinski definition) is 0. The topological polar surface area (TPSA) is 0 Å². The van der Waals surface area contributed by atoms with E-state index in [1.807, 2.05) is 0 Å². The number of hydrogen-bond acceptors (Lipinski definition) is 0. The Kier molecular flexibility index (Phi) is 2.29. The van der Waals surface area contributed by atoms with Crippen LogP contribution in [0.15, 0.2) is 66.7 Å². The fraction of sp³-hybridized carbons (Fsp3) is 0.0909. The molecule has 1 aliphatic carbocycles. The maximum atomic E-state index is 2.38. The van der Waals surface area contributed by atoms with E-state index >= 15 is 0 Å². The number of rotatable bonds is 0. The molecular weight excluding hydrogens is 264 g/mol. The summed E-state index contributed by atoms with van der Waals surface area (Å²) in [7, 11) is 0. The van der Waals surface area contributed by atoms with Crippen LogP contribution in [0.1, 0.15) is 16.7 Å². The molecule has 0 unspecified atom stereocenters. The zero-order chi connectivity index (χ0) is 14.7. The van der Waals surface area contributed by atoms with Gasteiger partial charge < -0.3 is 0 Å². The highest BCUT2D eigenvalue weighted by Gasteiger charge is 2.23. The average molecular weight is 280 g/mol. The molecule has 0 N–H and O–H groups in total. The molecule has 0 heterocycles. The number of fused-ring (bicyclic) bond motifs is 7. The van der Waals surface area contributed by atoms with Gasteiger partial charge in [0.1, 0.15) is 0 Å². The highest BCUT2D eigenvalue weighted by atomic mass is 14.3. The van der Waals surface area contributed by atoms with Crippen molar-refractivity contribution in [3.05, 3.63) is 83.4 Å². The van der Waals surface area contributed by atoms with Gasteiger partial charge in [-0.3, -0.25) is 0 Å². The smallest absolute Gasteiger partial charge is 0.000696 e. The Labute approximate surface area is 130 Å². The lowest BCUT2D eigenvalue weighted by molar-refractivity contribution is 1.27. The van der Waals surface area contributed by atoms with Gasteiger partial charge in [0.25, 0.3) is 0 Å². The third kappa shape index (κ3) is 1.47. The van der Waals surface area contributed by atoms with Crippen LogP contribution in [0.2, 0.25) is 0 Å². The summed E-state index contributed by atoms with van der Waals surface area (Å²) in [6.45, 7) is 2.23. The number of benzene rings is 4. The number of aryl methyl sites for hydroxylation is 1. The lowest BCUT2D eigenvalue weighted by Gasteiger charge is -2.10. The van der Waals surface area contributed by atoms with Crippen molar-refractivity contribution in [3.63, 3.8) is 0 Å². The monoisotopic (exact) mass is 280 g/mol. The maximum Gasteiger partial charge on any atom is -0.000696 e. The molecule has 0 aliphatic heterocycles. The molecule has 0 saturated carbocycles. The SMILES string of the molecule is Cc1cc2c(c3ccccc13)-c1ccc3ccccc3c1C2. The molecule has 4 aromatic carbocycles. The molecule has 0 nitrogen and oxygen atoms in total. The van der Waals surface area contributed by atoms with Gasteiger partial charge in [0, 0.05) is 0 Å². The predicted molar refractivity (Wildman–Crippen MR) is 94.4 cm³/mol. The summed E-state index contributed by atoms with van der Waals surface area (Å²) in [6.07, 6.45) is 1.05. The quantitative estimate of drug-likeness (QED) is 0.332. The van der Waals surface area contributed by atoms with Crippen molar-refractivity contribution in [1.82, 2.24) is 0 Å². The van der Waals surface area contributed by atoms with Crippen LogP contribution >= 0.6 is 0 Å². The van der Waals surface area contributed by atoms with Crippen molar-refractivity contribution in [3.8, 4) is 11.1 Å². The fourth-order valence-corrected chi connectivity index (χ4v) is 4.04. The summed E-state index contributed by atoms with van der Waals surface area (Å²) in [5.74, 6) is 0. The van der Waals surface area contributed by atoms with Crippen LogP contribution in [0.3, 0.4) is 0 Å². The zero-order valence-corrected chi connectivity index (χ0v) is 12.6. The van der Waals surface area contributed by atoms with Gasteiger partial charge in [0.2, 0.25) is 0 Å². The second kappa shape index (κ2) is 4.20. The van der Waals surface area contributed by atoms with Gasteiger partial charge in [0.05, 0.1) is 0 Å². The molecule has 0 fully saturated rings. The molecular formula is C22H16. The molecule has 104 valence electrons. The standard InChI is InChI=1S/C22H16/c1-14-12-16-13-21-18-8-3-2-6-15(18)10-11-20(21)22(16)19-9-5-4-7-17(14)19/h2-12H,13H2,1H3. The van der Waals surface area contributed by atoms with Crippen LogP contribution < -0.4 is 0 Å². The van der Waals surface area contributed by atoms with Crippen LogP contribution in [0.25, 0.3) is 32.7 Å². The molecule has 0 bridgehead atoms. The largest absolute Gasteiger partial charge is 0.0616 e. The van der Waals surface area contributed by atoms with Crippen LogP contribution in [-0.2, 0) is 6.42 Å². The first-order chi connectivity index (χ1) is 10.8. The zero-order valence-electron chi connectivity index (χ0n) is 12.6. The summed E-state index contributed by atoms with van der Waals surface area (Å²) < 4.78 is 0. The van der Waals surface area contributed by atoms with E-state index in [0.29, 0.717) is 0 Å². The molecule has 0 radical (unpaired) electrons. The Hall–Kier alpha value is -2.60. The van der Waals surface area contributed by atoms with Crippen molar-refractivity contribution in [2.24, 2.45) is 0 Å². The van der Waals surface area contributed by atoms with Crippen molar-refractivity contribution >= 4 is 21.5 Å². The molecule has 5 rings (SSSR count). The summed E-state index contributed by atoms with van der Waals surface area (Å²) in [5, 5.41) is 5.52. The van der Waals surface area contributed by atoms with E-state index in [9.17, 15) is 0 Å². The van der Waals surface area contributed by atoms with E-state index in [1.165, 1.54) is 49.4 Å². The Morgan fingerprint density at radius 3 is 2.32 bits per heavy atom. The van der Waals surface area contributed by atoms with Gasteiger partial charge in [-0.2, -0.15) is 0 Å². The Bertz CT molecular complexity index is 1050. The molecule has 0 spiro atoms. The van der Waals surface area contributed by atoms with Gasteiger partial charge in [-0.1, -0.05) is 66.7 Å². The Morgan fingerprint density at radius 1 is 0.727 bits per heavy atom. The average Bonchev–Trinajstić information content (AvgIpc) is 2.94. The van der Waals surface area contributed by atoms with Crippen LogP contribution in [0, 0.1) is 6.92 Å². The molecule has 0 heteroatoms. The van der Waals surface area contributed by atoms with Crippen molar-refractivity contribution in [2.75, 3.05) is 0 Å². The lowest BCUT2D eigenvalue weighted by atomic mass is 9.94. The van der Waals surface area contributed by atoms with Gasteiger partial charge in [-0.15, -0.1) is 0 Å². The molecule has 0 aromatic heterocycles. The summed E-state index contributed by atoms with van der Waals surface area (Å²) >= 11 is 0.